The topological polar surface area (TPSA) is 82.1 Å². The van der Waals surface area contributed by atoms with Gasteiger partial charge in [0.15, 0.2) is 0 Å². The number of nitrogen functional groups attached to an aromatic ring is 1. The first-order valence-corrected chi connectivity index (χ1v) is 12.1. The van der Waals surface area contributed by atoms with Gasteiger partial charge in [-0.15, -0.1) is 11.3 Å². The van der Waals surface area contributed by atoms with Crippen LogP contribution in [0.3, 0.4) is 0 Å². The van der Waals surface area contributed by atoms with Crippen LogP contribution in [0.15, 0.2) is 73.3 Å². The van der Waals surface area contributed by atoms with Gasteiger partial charge < -0.3 is 19.9 Å². The van der Waals surface area contributed by atoms with E-state index in [1.54, 1.807) is 11.3 Å². The van der Waals surface area contributed by atoms with Crippen LogP contribution < -0.4 is 10.6 Å². The molecule has 5 aromatic rings. The fourth-order valence-corrected chi connectivity index (χ4v) is 5.57. The van der Waals surface area contributed by atoms with E-state index in [9.17, 15) is 0 Å². The van der Waals surface area contributed by atoms with E-state index in [0.29, 0.717) is 12.4 Å². The molecule has 0 spiro atoms. The van der Waals surface area contributed by atoms with E-state index < -0.39 is 0 Å². The fourth-order valence-electron chi connectivity index (χ4n) is 4.50. The van der Waals surface area contributed by atoms with E-state index in [0.717, 1.165) is 58.3 Å². The summed E-state index contributed by atoms with van der Waals surface area (Å²) < 4.78 is 7.80. The molecule has 2 N–H and O–H groups in total. The molecule has 1 aliphatic heterocycles. The lowest BCUT2D eigenvalue weighted by molar-refractivity contribution is 0.122. The lowest BCUT2D eigenvalue weighted by Gasteiger charge is -2.30. The summed E-state index contributed by atoms with van der Waals surface area (Å²) in [5.74, 6) is 0.498. The van der Waals surface area contributed by atoms with Gasteiger partial charge in [-0.1, -0.05) is 48.5 Å². The molecule has 0 unspecified atom stereocenters. The zero-order valence-electron chi connectivity index (χ0n) is 18.6. The van der Waals surface area contributed by atoms with Crippen LogP contribution in [0.1, 0.15) is 5.56 Å². The lowest BCUT2D eigenvalue weighted by Crippen LogP contribution is -2.36. The van der Waals surface area contributed by atoms with E-state index >= 15 is 0 Å². The van der Waals surface area contributed by atoms with E-state index in [-0.39, 0.29) is 0 Å². The van der Waals surface area contributed by atoms with Crippen molar-refractivity contribution in [3.63, 3.8) is 0 Å². The van der Waals surface area contributed by atoms with E-state index in [1.807, 2.05) is 24.5 Å². The molecule has 6 rings (SSSR count). The highest BCUT2D eigenvalue weighted by molar-refractivity contribution is 7.21. The zero-order valence-corrected chi connectivity index (χ0v) is 19.4. The van der Waals surface area contributed by atoms with Gasteiger partial charge in [0.25, 0.3) is 0 Å². The Balaban J connectivity index is 1.48. The molecule has 7 nitrogen and oxygen atoms in total. The number of anilines is 2. The molecular formula is C26H24N6OS. The van der Waals surface area contributed by atoms with Crippen LogP contribution in [0.2, 0.25) is 0 Å². The number of imidazole rings is 1. The van der Waals surface area contributed by atoms with Gasteiger partial charge in [0.05, 0.1) is 47.7 Å². The molecule has 0 saturated carbocycles. The summed E-state index contributed by atoms with van der Waals surface area (Å²) in [6.07, 6.45) is 3.46. The maximum Gasteiger partial charge on any atom is 0.135 e. The summed E-state index contributed by atoms with van der Waals surface area (Å²) in [4.78, 5) is 17.8. The number of rotatable bonds is 5. The summed E-state index contributed by atoms with van der Waals surface area (Å²) >= 11 is 1.62. The molecule has 0 atom stereocenters. The standard InChI is InChI=1S/C26H24N6OS/c27-25-20-14-22(34-26(20)29-16-28-25)24-23(18-6-2-1-3-7-18)30-17-32(24)15-19-8-4-5-9-21(19)31-10-12-33-13-11-31/h1-9,14,16-17H,10-13,15H2,(H2,27,28,29). The molecule has 2 aromatic carbocycles. The number of morpholine rings is 1. The number of thiophene rings is 1. The van der Waals surface area contributed by atoms with Gasteiger partial charge in [-0.05, 0) is 17.7 Å². The van der Waals surface area contributed by atoms with Crippen molar-refractivity contribution in [2.75, 3.05) is 36.9 Å². The van der Waals surface area contributed by atoms with Gasteiger partial charge in [-0.3, -0.25) is 0 Å². The average Bonchev–Trinajstić information content (AvgIpc) is 3.50. The third-order valence-electron chi connectivity index (χ3n) is 6.16. The Hall–Kier alpha value is -3.75. The number of aromatic nitrogens is 4. The largest absolute Gasteiger partial charge is 0.383 e. The van der Waals surface area contributed by atoms with Crippen LogP contribution in [-0.4, -0.2) is 45.8 Å². The molecule has 3 aromatic heterocycles. The van der Waals surface area contributed by atoms with Crippen LogP contribution in [-0.2, 0) is 11.3 Å². The highest BCUT2D eigenvalue weighted by atomic mass is 32.1. The number of nitrogens with zero attached hydrogens (tertiary/aromatic N) is 5. The van der Waals surface area contributed by atoms with Crippen molar-refractivity contribution in [2.45, 2.75) is 6.54 Å². The predicted octanol–water partition coefficient (Wildman–Crippen LogP) is 4.69. The van der Waals surface area contributed by atoms with Crippen molar-refractivity contribution in [1.29, 1.82) is 0 Å². The van der Waals surface area contributed by atoms with E-state index in [1.165, 1.54) is 17.6 Å². The summed E-state index contributed by atoms with van der Waals surface area (Å²) in [7, 11) is 0. The first-order chi connectivity index (χ1) is 16.8. The molecule has 170 valence electrons. The van der Waals surface area contributed by atoms with Crippen molar-refractivity contribution in [3.05, 3.63) is 78.9 Å². The molecule has 1 fully saturated rings. The molecule has 0 bridgehead atoms. The van der Waals surface area contributed by atoms with Crippen molar-refractivity contribution in [1.82, 2.24) is 19.5 Å². The maximum absolute atomic E-state index is 6.15. The van der Waals surface area contributed by atoms with Crippen LogP contribution in [0.5, 0.6) is 0 Å². The monoisotopic (exact) mass is 468 g/mol. The summed E-state index contributed by atoms with van der Waals surface area (Å²) in [5, 5.41) is 0.878. The number of hydrogen-bond donors (Lipinski definition) is 1. The van der Waals surface area contributed by atoms with Crippen molar-refractivity contribution in [2.24, 2.45) is 0 Å². The average molecular weight is 469 g/mol. The number of fused-ring (bicyclic) bond motifs is 1. The third-order valence-corrected chi connectivity index (χ3v) is 7.21. The Kier molecular flexibility index (Phi) is 5.44. The van der Waals surface area contributed by atoms with Crippen molar-refractivity contribution < 1.29 is 4.74 Å². The molecule has 1 saturated heterocycles. The Morgan fingerprint density at radius 2 is 1.74 bits per heavy atom. The number of hydrogen-bond acceptors (Lipinski definition) is 7. The minimum atomic E-state index is 0.498. The highest BCUT2D eigenvalue weighted by Gasteiger charge is 2.21. The number of para-hydroxylation sites is 1. The molecule has 0 radical (unpaired) electrons. The second-order valence-corrected chi connectivity index (χ2v) is 9.28. The number of benzene rings is 2. The molecule has 0 amide bonds. The molecule has 8 heteroatoms. The zero-order chi connectivity index (χ0) is 22.9. The first-order valence-electron chi connectivity index (χ1n) is 11.3. The molecular weight excluding hydrogens is 444 g/mol. The quantitative estimate of drug-likeness (QED) is 0.403. The van der Waals surface area contributed by atoms with Crippen LogP contribution >= 0.6 is 11.3 Å². The number of nitrogens with two attached hydrogens (primary N) is 1. The number of ether oxygens (including phenoxy) is 1. The summed E-state index contributed by atoms with van der Waals surface area (Å²) in [6, 6.07) is 21.0. The van der Waals surface area contributed by atoms with Crippen LogP contribution in [0.4, 0.5) is 11.5 Å². The van der Waals surface area contributed by atoms with Crippen LogP contribution in [0.25, 0.3) is 32.0 Å². The van der Waals surface area contributed by atoms with Gasteiger partial charge in [-0.2, -0.15) is 0 Å². The summed E-state index contributed by atoms with van der Waals surface area (Å²) in [6.45, 7) is 4.02. The van der Waals surface area contributed by atoms with E-state index in [4.69, 9.17) is 15.5 Å². The van der Waals surface area contributed by atoms with Gasteiger partial charge in [0, 0.05) is 24.3 Å². The third kappa shape index (κ3) is 3.81. The Labute approximate surface area is 201 Å². The predicted molar refractivity (Wildman–Crippen MR) is 137 cm³/mol. The van der Waals surface area contributed by atoms with Crippen LogP contribution in [0, 0.1) is 0 Å². The Bertz CT molecular complexity index is 1440. The Morgan fingerprint density at radius 1 is 0.941 bits per heavy atom. The second-order valence-electron chi connectivity index (χ2n) is 8.25. The lowest BCUT2D eigenvalue weighted by atomic mass is 10.1. The van der Waals surface area contributed by atoms with E-state index in [2.05, 4.69) is 61.9 Å². The molecule has 34 heavy (non-hydrogen) atoms. The van der Waals surface area contributed by atoms with Crippen molar-refractivity contribution >= 4 is 33.1 Å². The van der Waals surface area contributed by atoms with Gasteiger partial charge in [0.1, 0.15) is 17.0 Å². The summed E-state index contributed by atoms with van der Waals surface area (Å²) in [5.41, 5.74) is 11.7. The minimum Gasteiger partial charge on any atom is -0.383 e. The normalized spacial score (nSPS) is 14.1. The first kappa shape index (κ1) is 20.8. The molecule has 0 aliphatic carbocycles. The van der Waals surface area contributed by atoms with Gasteiger partial charge in [-0.25, -0.2) is 15.0 Å². The smallest absolute Gasteiger partial charge is 0.135 e. The molecule has 4 heterocycles. The highest BCUT2D eigenvalue weighted by Crippen LogP contribution is 2.39. The minimum absolute atomic E-state index is 0.498. The van der Waals surface area contributed by atoms with Gasteiger partial charge in [0.2, 0.25) is 0 Å². The Morgan fingerprint density at radius 3 is 2.56 bits per heavy atom. The maximum atomic E-state index is 6.15. The van der Waals surface area contributed by atoms with Crippen molar-refractivity contribution in [3.8, 4) is 21.8 Å². The van der Waals surface area contributed by atoms with Gasteiger partial charge >= 0.3 is 0 Å². The second kappa shape index (κ2) is 8.89. The molecule has 1 aliphatic rings. The fraction of sp³-hybridized carbons (Fsp3) is 0.192. The SMILES string of the molecule is Nc1ncnc2sc(-c3c(-c4ccccc4)ncn3Cc3ccccc3N3CCOCC3)cc12.